The second-order valence-corrected chi connectivity index (χ2v) is 6.41. The van der Waals surface area contributed by atoms with Crippen LogP contribution in [-0.2, 0) is 6.54 Å². The summed E-state index contributed by atoms with van der Waals surface area (Å²) in [7, 11) is 0. The fourth-order valence-corrected chi connectivity index (χ4v) is 3.38. The van der Waals surface area contributed by atoms with Gasteiger partial charge in [0.25, 0.3) is 0 Å². The molecule has 0 amide bonds. The Bertz CT molecular complexity index is 431. The van der Waals surface area contributed by atoms with E-state index in [-0.39, 0.29) is 0 Å². The van der Waals surface area contributed by atoms with Gasteiger partial charge in [-0.2, -0.15) is 0 Å². The lowest BCUT2D eigenvalue weighted by atomic mass is 10.0. The molecule has 3 heteroatoms. The van der Waals surface area contributed by atoms with Crippen molar-refractivity contribution >= 4 is 11.6 Å². The Labute approximate surface area is 121 Å². The molecule has 2 unspecified atom stereocenters. The molecule has 0 aromatic heterocycles. The Morgan fingerprint density at radius 1 is 1.37 bits per heavy atom. The summed E-state index contributed by atoms with van der Waals surface area (Å²) in [5, 5.41) is 4.59. The molecule has 1 aliphatic heterocycles. The molecular weight excluding hydrogens is 256 g/mol. The Kier molecular flexibility index (Phi) is 4.11. The van der Waals surface area contributed by atoms with E-state index in [1.807, 2.05) is 6.07 Å². The van der Waals surface area contributed by atoms with Crippen LogP contribution in [0.15, 0.2) is 24.3 Å². The van der Waals surface area contributed by atoms with Crippen LogP contribution in [0.5, 0.6) is 0 Å². The van der Waals surface area contributed by atoms with Crippen molar-refractivity contribution in [2.75, 3.05) is 13.1 Å². The molecule has 2 atom stereocenters. The van der Waals surface area contributed by atoms with Gasteiger partial charge in [-0.1, -0.05) is 30.7 Å². The minimum absolute atomic E-state index is 0.661. The number of benzene rings is 1. The number of hydrogen-bond donors (Lipinski definition) is 1. The van der Waals surface area contributed by atoms with Crippen LogP contribution in [0.3, 0.4) is 0 Å². The molecule has 0 spiro atoms. The van der Waals surface area contributed by atoms with E-state index in [0.29, 0.717) is 12.1 Å². The van der Waals surface area contributed by atoms with Crippen LogP contribution in [0.2, 0.25) is 5.02 Å². The summed E-state index contributed by atoms with van der Waals surface area (Å²) in [6.45, 7) is 5.65. The highest BCUT2D eigenvalue weighted by molar-refractivity contribution is 6.30. The maximum absolute atomic E-state index is 6.09. The summed E-state index contributed by atoms with van der Waals surface area (Å²) in [4.78, 5) is 2.64. The van der Waals surface area contributed by atoms with Gasteiger partial charge in [0.15, 0.2) is 0 Å². The van der Waals surface area contributed by atoms with Crippen LogP contribution in [-0.4, -0.2) is 30.1 Å². The van der Waals surface area contributed by atoms with Crippen molar-refractivity contribution < 1.29 is 0 Å². The van der Waals surface area contributed by atoms with Crippen molar-refractivity contribution in [3.63, 3.8) is 0 Å². The monoisotopic (exact) mass is 278 g/mol. The molecule has 0 radical (unpaired) electrons. The van der Waals surface area contributed by atoms with Gasteiger partial charge in [0, 0.05) is 36.7 Å². The normalized spacial score (nSPS) is 28.5. The first-order valence-electron chi connectivity index (χ1n) is 7.48. The molecule has 104 valence electrons. The Hall–Kier alpha value is -0.570. The minimum atomic E-state index is 0.661. The Morgan fingerprint density at radius 3 is 2.89 bits per heavy atom. The second-order valence-electron chi connectivity index (χ2n) is 5.97. The molecule has 1 aromatic carbocycles. The van der Waals surface area contributed by atoms with Gasteiger partial charge in [-0.15, -0.1) is 0 Å². The zero-order valence-corrected chi connectivity index (χ0v) is 12.4. The summed E-state index contributed by atoms with van der Waals surface area (Å²) in [6.07, 6.45) is 4.05. The quantitative estimate of drug-likeness (QED) is 0.909. The molecule has 1 saturated heterocycles. The van der Waals surface area contributed by atoms with Crippen molar-refractivity contribution in [1.29, 1.82) is 0 Å². The van der Waals surface area contributed by atoms with E-state index in [9.17, 15) is 0 Å². The molecule has 1 heterocycles. The van der Waals surface area contributed by atoms with Gasteiger partial charge in [0.2, 0.25) is 0 Å². The van der Waals surface area contributed by atoms with E-state index < -0.39 is 0 Å². The van der Waals surface area contributed by atoms with Gasteiger partial charge < -0.3 is 5.32 Å². The average Bonchev–Trinajstić information content (AvgIpc) is 3.23. The molecule has 1 aliphatic carbocycles. The van der Waals surface area contributed by atoms with Crippen LogP contribution >= 0.6 is 11.6 Å². The molecule has 2 aliphatic rings. The molecule has 1 aromatic rings. The standard InChI is InChI=1S/C16H23ClN2/c1-2-15-9-18-16(13-6-7-13)11-19(15)10-12-4-3-5-14(17)8-12/h3-5,8,13,15-16,18H,2,6-7,9-11H2,1H3. The van der Waals surface area contributed by atoms with Gasteiger partial charge in [-0.25, -0.2) is 0 Å². The number of piperazine rings is 1. The molecular formula is C16H23ClN2. The summed E-state index contributed by atoms with van der Waals surface area (Å²) in [5.41, 5.74) is 1.34. The Balaban J connectivity index is 1.68. The number of hydrogen-bond acceptors (Lipinski definition) is 2. The fourth-order valence-electron chi connectivity index (χ4n) is 3.16. The number of rotatable bonds is 4. The van der Waals surface area contributed by atoms with Crippen LogP contribution < -0.4 is 5.32 Å². The Morgan fingerprint density at radius 2 is 2.21 bits per heavy atom. The lowest BCUT2D eigenvalue weighted by molar-refractivity contribution is 0.112. The van der Waals surface area contributed by atoms with E-state index in [2.05, 4.69) is 35.3 Å². The third kappa shape index (κ3) is 3.31. The summed E-state index contributed by atoms with van der Waals surface area (Å²) >= 11 is 6.09. The predicted molar refractivity (Wildman–Crippen MR) is 80.5 cm³/mol. The summed E-state index contributed by atoms with van der Waals surface area (Å²) in [5.74, 6) is 0.930. The summed E-state index contributed by atoms with van der Waals surface area (Å²) < 4.78 is 0. The number of halogens is 1. The average molecular weight is 279 g/mol. The third-order valence-electron chi connectivity index (χ3n) is 4.50. The summed E-state index contributed by atoms with van der Waals surface area (Å²) in [6, 6.07) is 9.66. The molecule has 2 fully saturated rings. The molecule has 2 nitrogen and oxygen atoms in total. The van der Waals surface area contributed by atoms with E-state index in [1.165, 1.54) is 31.4 Å². The molecule has 1 N–H and O–H groups in total. The van der Waals surface area contributed by atoms with Crippen molar-refractivity contribution in [3.05, 3.63) is 34.9 Å². The van der Waals surface area contributed by atoms with Gasteiger partial charge in [-0.05, 0) is 42.9 Å². The van der Waals surface area contributed by atoms with Crippen LogP contribution in [0, 0.1) is 5.92 Å². The highest BCUT2D eigenvalue weighted by Crippen LogP contribution is 2.34. The van der Waals surface area contributed by atoms with E-state index in [1.54, 1.807) is 0 Å². The predicted octanol–water partition coefficient (Wildman–Crippen LogP) is 3.30. The smallest absolute Gasteiger partial charge is 0.0409 e. The zero-order valence-electron chi connectivity index (χ0n) is 11.6. The fraction of sp³-hybridized carbons (Fsp3) is 0.625. The van der Waals surface area contributed by atoms with Crippen molar-refractivity contribution in [3.8, 4) is 0 Å². The zero-order chi connectivity index (χ0) is 13.2. The van der Waals surface area contributed by atoms with Gasteiger partial charge in [-0.3, -0.25) is 4.90 Å². The van der Waals surface area contributed by atoms with Crippen LogP contribution in [0.25, 0.3) is 0 Å². The van der Waals surface area contributed by atoms with Crippen LogP contribution in [0.4, 0.5) is 0 Å². The molecule has 3 rings (SSSR count). The molecule has 19 heavy (non-hydrogen) atoms. The van der Waals surface area contributed by atoms with Crippen molar-refractivity contribution in [1.82, 2.24) is 10.2 Å². The lowest BCUT2D eigenvalue weighted by Gasteiger charge is -2.40. The highest BCUT2D eigenvalue weighted by atomic mass is 35.5. The number of nitrogens with one attached hydrogen (secondary N) is 1. The maximum atomic E-state index is 6.09. The lowest BCUT2D eigenvalue weighted by Crippen LogP contribution is -2.56. The van der Waals surface area contributed by atoms with E-state index in [0.717, 1.165) is 24.0 Å². The first kappa shape index (κ1) is 13.4. The van der Waals surface area contributed by atoms with Gasteiger partial charge in [0.1, 0.15) is 0 Å². The SMILES string of the molecule is CCC1CNC(C2CC2)CN1Cc1cccc(Cl)c1. The second kappa shape index (κ2) is 5.82. The topological polar surface area (TPSA) is 15.3 Å². The third-order valence-corrected chi connectivity index (χ3v) is 4.74. The largest absolute Gasteiger partial charge is 0.311 e. The van der Waals surface area contributed by atoms with Crippen molar-refractivity contribution in [2.45, 2.75) is 44.8 Å². The van der Waals surface area contributed by atoms with Crippen molar-refractivity contribution in [2.24, 2.45) is 5.92 Å². The highest BCUT2D eigenvalue weighted by Gasteiger charge is 2.36. The minimum Gasteiger partial charge on any atom is -0.311 e. The van der Waals surface area contributed by atoms with Gasteiger partial charge in [0.05, 0.1) is 0 Å². The maximum Gasteiger partial charge on any atom is 0.0409 e. The molecule has 1 saturated carbocycles. The first-order valence-corrected chi connectivity index (χ1v) is 7.86. The first-order chi connectivity index (χ1) is 9.26. The van der Waals surface area contributed by atoms with E-state index in [4.69, 9.17) is 11.6 Å². The molecule has 0 bridgehead atoms. The van der Waals surface area contributed by atoms with Gasteiger partial charge >= 0.3 is 0 Å². The number of nitrogens with zero attached hydrogens (tertiary/aromatic N) is 1. The van der Waals surface area contributed by atoms with Crippen LogP contribution in [0.1, 0.15) is 31.7 Å². The van der Waals surface area contributed by atoms with E-state index >= 15 is 0 Å².